The molecule has 0 spiro atoms. The molecule has 1 aliphatic rings. The fourth-order valence-electron chi connectivity index (χ4n) is 3.09. The van der Waals surface area contributed by atoms with E-state index in [2.05, 4.69) is 16.3 Å². The van der Waals surface area contributed by atoms with E-state index in [1.807, 2.05) is 25.1 Å². The number of hydrogen-bond acceptors (Lipinski definition) is 4. The van der Waals surface area contributed by atoms with Gasteiger partial charge in [-0.15, -0.1) is 24.8 Å². The lowest BCUT2D eigenvalue weighted by molar-refractivity contribution is -0.124. The van der Waals surface area contributed by atoms with Gasteiger partial charge in [0.1, 0.15) is 5.75 Å². The maximum absolute atomic E-state index is 12.1. The highest BCUT2D eigenvalue weighted by atomic mass is 35.5. The molecular formula is C18H31Cl2N3O2. The summed E-state index contributed by atoms with van der Waals surface area (Å²) in [5.41, 5.74) is 6.72. The molecule has 2 rings (SSSR count). The number of hydrogen-bond donors (Lipinski definition) is 2. The third-order valence-corrected chi connectivity index (χ3v) is 4.60. The van der Waals surface area contributed by atoms with E-state index in [-0.39, 0.29) is 42.7 Å². The van der Waals surface area contributed by atoms with Crippen LogP contribution in [-0.4, -0.2) is 44.1 Å². The van der Waals surface area contributed by atoms with Crippen molar-refractivity contribution in [1.82, 2.24) is 10.2 Å². The minimum absolute atomic E-state index is 0. The van der Waals surface area contributed by atoms with Gasteiger partial charge < -0.3 is 15.8 Å². The predicted octanol–water partition coefficient (Wildman–Crippen LogP) is 2.78. The lowest BCUT2D eigenvalue weighted by atomic mass is 10.00. The molecule has 1 fully saturated rings. The van der Waals surface area contributed by atoms with E-state index in [1.54, 1.807) is 7.11 Å². The summed E-state index contributed by atoms with van der Waals surface area (Å²) in [6.07, 6.45) is 3.70. The van der Waals surface area contributed by atoms with Crippen molar-refractivity contribution in [3.05, 3.63) is 29.8 Å². The Bertz CT molecular complexity index is 511. The number of halogens is 2. The predicted molar refractivity (Wildman–Crippen MR) is 107 cm³/mol. The van der Waals surface area contributed by atoms with Crippen LogP contribution in [0.2, 0.25) is 0 Å². The molecule has 144 valence electrons. The van der Waals surface area contributed by atoms with Gasteiger partial charge in [-0.25, -0.2) is 0 Å². The Balaban J connectivity index is 0.00000288. The molecule has 1 aliphatic heterocycles. The Labute approximate surface area is 163 Å². The quantitative estimate of drug-likeness (QED) is 0.749. The fraction of sp³-hybridized carbons (Fsp3) is 0.611. The summed E-state index contributed by atoms with van der Waals surface area (Å²) >= 11 is 0. The van der Waals surface area contributed by atoms with Crippen LogP contribution in [0.25, 0.3) is 0 Å². The van der Waals surface area contributed by atoms with Crippen LogP contribution in [0.3, 0.4) is 0 Å². The van der Waals surface area contributed by atoms with Crippen LogP contribution in [0.15, 0.2) is 24.3 Å². The number of nitrogens with one attached hydrogen (secondary N) is 1. The van der Waals surface area contributed by atoms with Crippen molar-refractivity contribution >= 4 is 30.7 Å². The van der Waals surface area contributed by atoms with Gasteiger partial charge in [0.25, 0.3) is 0 Å². The van der Waals surface area contributed by atoms with Gasteiger partial charge in [-0.2, -0.15) is 0 Å². The average molecular weight is 392 g/mol. The number of ether oxygens (including phenoxy) is 1. The molecule has 2 unspecified atom stereocenters. The monoisotopic (exact) mass is 391 g/mol. The number of rotatable bonds is 7. The van der Waals surface area contributed by atoms with Crippen molar-refractivity contribution in [3.8, 4) is 5.75 Å². The molecule has 1 amide bonds. The number of methoxy groups -OCH3 is 1. The molecule has 1 saturated heterocycles. The molecule has 0 aromatic heterocycles. The SMILES string of the molecule is COc1ccccc1C(CNC(=O)C(C)CN)N1CCCCC1.Cl.Cl. The molecule has 2 atom stereocenters. The molecule has 0 aliphatic carbocycles. The number of para-hydroxylation sites is 1. The summed E-state index contributed by atoms with van der Waals surface area (Å²) in [6.45, 7) is 4.93. The van der Waals surface area contributed by atoms with E-state index in [0.29, 0.717) is 13.1 Å². The number of carbonyl (C=O) groups excluding carboxylic acids is 1. The Hall–Kier alpha value is -1.01. The van der Waals surface area contributed by atoms with Gasteiger partial charge in [-0.1, -0.05) is 31.5 Å². The van der Waals surface area contributed by atoms with E-state index >= 15 is 0 Å². The molecule has 25 heavy (non-hydrogen) atoms. The molecule has 1 aromatic carbocycles. The second-order valence-electron chi connectivity index (χ2n) is 6.24. The standard InChI is InChI=1S/C18H29N3O2.2ClH/c1-14(12-19)18(22)20-13-16(21-10-6-3-7-11-21)15-8-4-5-9-17(15)23-2;;/h4-5,8-9,14,16H,3,6-7,10-13,19H2,1-2H3,(H,20,22);2*1H. The van der Waals surface area contributed by atoms with Gasteiger partial charge in [0, 0.05) is 24.6 Å². The zero-order valence-corrected chi connectivity index (χ0v) is 16.7. The van der Waals surface area contributed by atoms with E-state index < -0.39 is 0 Å². The average Bonchev–Trinajstić information content (AvgIpc) is 2.62. The summed E-state index contributed by atoms with van der Waals surface area (Å²) in [6, 6.07) is 8.22. The van der Waals surface area contributed by atoms with Gasteiger partial charge in [-0.05, 0) is 32.0 Å². The summed E-state index contributed by atoms with van der Waals surface area (Å²) in [7, 11) is 1.70. The normalized spacial score (nSPS) is 16.8. The van der Waals surface area contributed by atoms with Crippen molar-refractivity contribution in [2.75, 3.05) is 33.3 Å². The zero-order chi connectivity index (χ0) is 16.7. The van der Waals surface area contributed by atoms with Gasteiger partial charge in [-0.3, -0.25) is 9.69 Å². The van der Waals surface area contributed by atoms with Crippen LogP contribution in [0.4, 0.5) is 0 Å². The molecule has 3 N–H and O–H groups in total. The van der Waals surface area contributed by atoms with E-state index in [1.165, 1.54) is 19.3 Å². The molecule has 7 heteroatoms. The summed E-state index contributed by atoms with van der Waals surface area (Å²) in [4.78, 5) is 14.6. The van der Waals surface area contributed by atoms with Crippen LogP contribution < -0.4 is 15.8 Å². The van der Waals surface area contributed by atoms with Crippen molar-refractivity contribution < 1.29 is 9.53 Å². The third-order valence-electron chi connectivity index (χ3n) is 4.60. The second-order valence-corrected chi connectivity index (χ2v) is 6.24. The van der Waals surface area contributed by atoms with Crippen LogP contribution in [-0.2, 0) is 4.79 Å². The highest BCUT2D eigenvalue weighted by molar-refractivity contribution is 5.85. The Morgan fingerprint density at radius 1 is 1.24 bits per heavy atom. The lowest BCUT2D eigenvalue weighted by Gasteiger charge is -2.35. The first-order valence-electron chi connectivity index (χ1n) is 8.52. The largest absolute Gasteiger partial charge is 0.496 e. The number of carbonyl (C=O) groups is 1. The van der Waals surface area contributed by atoms with E-state index in [0.717, 1.165) is 24.4 Å². The van der Waals surface area contributed by atoms with Crippen LogP contribution in [0.5, 0.6) is 5.75 Å². The first-order chi connectivity index (χ1) is 11.2. The van der Waals surface area contributed by atoms with Crippen LogP contribution in [0.1, 0.15) is 37.8 Å². The highest BCUT2D eigenvalue weighted by Crippen LogP contribution is 2.30. The number of amides is 1. The van der Waals surface area contributed by atoms with Crippen molar-refractivity contribution in [2.24, 2.45) is 11.7 Å². The Kier molecular flexibility index (Phi) is 11.9. The zero-order valence-electron chi connectivity index (χ0n) is 15.1. The van der Waals surface area contributed by atoms with E-state index in [9.17, 15) is 4.79 Å². The molecule has 0 saturated carbocycles. The number of piperidine rings is 1. The maximum atomic E-state index is 12.1. The summed E-state index contributed by atoms with van der Waals surface area (Å²) < 4.78 is 5.53. The second kappa shape index (κ2) is 12.4. The highest BCUT2D eigenvalue weighted by Gasteiger charge is 2.25. The first-order valence-corrected chi connectivity index (χ1v) is 8.52. The molecule has 1 heterocycles. The molecule has 5 nitrogen and oxygen atoms in total. The fourth-order valence-corrected chi connectivity index (χ4v) is 3.09. The minimum Gasteiger partial charge on any atom is -0.496 e. The van der Waals surface area contributed by atoms with Crippen molar-refractivity contribution in [3.63, 3.8) is 0 Å². The summed E-state index contributed by atoms with van der Waals surface area (Å²) in [5.74, 6) is 0.739. The van der Waals surface area contributed by atoms with Crippen LogP contribution >= 0.6 is 24.8 Å². The lowest BCUT2D eigenvalue weighted by Crippen LogP contribution is -2.42. The third kappa shape index (κ3) is 6.66. The first kappa shape index (κ1) is 24.0. The Morgan fingerprint density at radius 3 is 2.48 bits per heavy atom. The van der Waals surface area contributed by atoms with Gasteiger partial charge >= 0.3 is 0 Å². The van der Waals surface area contributed by atoms with E-state index in [4.69, 9.17) is 10.5 Å². The Morgan fingerprint density at radius 2 is 1.88 bits per heavy atom. The van der Waals surface area contributed by atoms with Gasteiger partial charge in [0.05, 0.1) is 13.2 Å². The van der Waals surface area contributed by atoms with Gasteiger partial charge in [0.2, 0.25) is 5.91 Å². The molecule has 0 radical (unpaired) electrons. The van der Waals surface area contributed by atoms with Crippen LogP contribution in [0, 0.1) is 5.92 Å². The summed E-state index contributed by atoms with van der Waals surface area (Å²) in [5, 5.41) is 3.06. The molecule has 0 bridgehead atoms. The number of nitrogens with two attached hydrogens (primary N) is 1. The number of likely N-dealkylation sites (tertiary alicyclic amines) is 1. The van der Waals surface area contributed by atoms with Crippen molar-refractivity contribution in [2.45, 2.75) is 32.2 Å². The molecule has 1 aromatic rings. The van der Waals surface area contributed by atoms with Gasteiger partial charge in [0.15, 0.2) is 0 Å². The number of nitrogens with zero attached hydrogens (tertiary/aromatic N) is 1. The topological polar surface area (TPSA) is 67.6 Å². The van der Waals surface area contributed by atoms with Crippen molar-refractivity contribution in [1.29, 1.82) is 0 Å². The number of benzene rings is 1. The maximum Gasteiger partial charge on any atom is 0.224 e. The smallest absolute Gasteiger partial charge is 0.224 e. The minimum atomic E-state index is -0.158. The molecular weight excluding hydrogens is 361 g/mol.